The zero-order chi connectivity index (χ0) is 20.1. The maximum Gasteiger partial charge on any atom is 0.308 e. The van der Waals surface area contributed by atoms with E-state index in [1.807, 2.05) is 29.2 Å². The second-order valence-electron chi connectivity index (χ2n) is 6.64. The molecule has 0 aromatic heterocycles. The zero-order valence-electron chi connectivity index (χ0n) is 15.5. The number of amides is 2. The van der Waals surface area contributed by atoms with Gasteiger partial charge in [0, 0.05) is 35.2 Å². The average molecular weight is 492 g/mol. The molecule has 1 saturated heterocycles. The molecule has 1 heterocycles. The Kier molecular flexibility index (Phi) is 6.66. The highest BCUT2D eigenvalue weighted by atomic mass is 127. The number of carbonyl (C=O) groups is 3. The van der Waals surface area contributed by atoms with E-state index in [2.05, 4.69) is 27.9 Å². The third kappa shape index (κ3) is 5.09. The topological polar surface area (TPSA) is 75.7 Å². The molecule has 0 bridgehead atoms. The van der Waals surface area contributed by atoms with Crippen molar-refractivity contribution in [3.05, 3.63) is 63.2 Å². The number of ether oxygens (including phenoxy) is 1. The molecule has 0 aliphatic carbocycles. The number of nitrogens with one attached hydrogen (secondary N) is 1. The fourth-order valence-corrected chi connectivity index (χ4v) is 3.79. The molecule has 0 spiro atoms. The maximum atomic E-state index is 12.7. The molecule has 0 unspecified atom stereocenters. The molecule has 2 aromatic carbocycles. The monoisotopic (exact) mass is 492 g/mol. The number of hydrogen-bond acceptors (Lipinski definition) is 4. The van der Waals surface area contributed by atoms with Crippen LogP contribution in [0, 0.1) is 3.57 Å². The quantitative estimate of drug-likeness (QED) is 0.404. The number of carbonyl (C=O) groups excluding carboxylic acids is 3. The Hall–Kier alpha value is -2.42. The van der Waals surface area contributed by atoms with Crippen LogP contribution in [0.25, 0.3) is 0 Å². The lowest BCUT2D eigenvalue weighted by atomic mass is 10.0. The fraction of sp³-hybridized carbons (Fsp3) is 0.286. The van der Waals surface area contributed by atoms with Crippen LogP contribution in [0.2, 0.25) is 0 Å². The molecule has 1 fully saturated rings. The van der Waals surface area contributed by atoms with Crippen molar-refractivity contribution in [2.24, 2.45) is 0 Å². The van der Waals surface area contributed by atoms with Crippen LogP contribution < -0.4 is 10.1 Å². The molecular formula is C21H21IN2O4. The average Bonchev–Trinajstić information content (AvgIpc) is 2.68. The lowest BCUT2D eigenvalue weighted by Crippen LogP contribution is -2.46. The lowest BCUT2D eigenvalue weighted by molar-refractivity contribution is -0.131. The van der Waals surface area contributed by atoms with E-state index < -0.39 is 5.97 Å². The Morgan fingerprint density at radius 2 is 1.79 bits per heavy atom. The van der Waals surface area contributed by atoms with Crippen molar-refractivity contribution < 1.29 is 19.1 Å². The van der Waals surface area contributed by atoms with Crippen LogP contribution in [0.5, 0.6) is 5.75 Å². The molecule has 2 amide bonds. The molecule has 3 rings (SSSR count). The molecule has 0 saturated carbocycles. The number of halogens is 1. The van der Waals surface area contributed by atoms with Crippen LogP contribution in [-0.2, 0) is 4.79 Å². The molecule has 2 aromatic rings. The summed E-state index contributed by atoms with van der Waals surface area (Å²) in [6.07, 6.45) is 1.40. The number of hydrogen-bond donors (Lipinski definition) is 1. The minimum Gasteiger partial charge on any atom is -0.427 e. The largest absolute Gasteiger partial charge is 0.427 e. The van der Waals surface area contributed by atoms with Crippen molar-refractivity contribution in [1.82, 2.24) is 10.2 Å². The molecule has 7 heteroatoms. The summed E-state index contributed by atoms with van der Waals surface area (Å²) < 4.78 is 5.96. The van der Waals surface area contributed by atoms with Gasteiger partial charge in [-0.25, -0.2) is 0 Å². The van der Waals surface area contributed by atoms with Gasteiger partial charge in [0.1, 0.15) is 5.75 Å². The Morgan fingerprint density at radius 3 is 2.46 bits per heavy atom. The number of esters is 1. The molecule has 0 atom stereocenters. The van der Waals surface area contributed by atoms with E-state index in [1.165, 1.54) is 6.92 Å². The van der Waals surface area contributed by atoms with Crippen LogP contribution in [0.1, 0.15) is 40.5 Å². The summed E-state index contributed by atoms with van der Waals surface area (Å²) in [5, 5.41) is 3.01. The molecule has 1 N–H and O–H groups in total. The van der Waals surface area contributed by atoms with Gasteiger partial charge in [-0.05, 0) is 65.8 Å². The zero-order valence-corrected chi connectivity index (χ0v) is 17.6. The van der Waals surface area contributed by atoms with Crippen molar-refractivity contribution in [3.63, 3.8) is 0 Å². The predicted octanol–water partition coefficient (Wildman–Crippen LogP) is 3.25. The van der Waals surface area contributed by atoms with Gasteiger partial charge in [-0.1, -0.05) is 18.2 Å². The Bertz CT molecular complexity index is 891. The van der Waals surface area contributed by atoms with Gasteiger partial charge in [0.05, 0.1) is 5.56 Å². The van der Waals surface area contributed by atoms with Crippen LogP contribution in [0.3, 0.4) is 0 Å². The molecule has 1 aliphatic rings. The van der Waals surface area contributed by atoms with E-state index in [0.717, 1.165) is 3.57 Å². The highest BCUT2D eigenvalue weighted by Gasteiger charge is 2.25. The van der Waals surface area contributed by atoms with Crippen LogP contribution in [-0.4, -0.2) is 41.8 Å². The molecular weight excluding hydrogens is 471 g/mol. The van der Waals surface area contributed by atoms with Gasteiger partial charge < -0.3 is 15.0 Å². The maximum absolute atomic E-state index is 12.7. The van der Waals surface area contributed by atoms with Crippen molar-refractivity contribution in [3.8, 4) is 5.75 Å². The Balaban J connectivity index is 1.55. The summed E-state index contributed by atoms with van der Waals surface area (Å²) in [4.78, 5) is 38.1. The van der Waals surface area contributed by atoms with Gasteiger partial charge in [-0.15, -0.1) is 0 Å². The van der Waals surface area contributed by atoms with Gasteiger partial charge in [0.25, 0.3) is 11.8 Å². The predicted molar refractivity (Wildman–Crippen MR) is 113 cm³/mol. The number of rotatable bonds is 4. The summed E-state index contributed by atoms with van der Waals surface area (Å²) in [6.45, 7) is 2.52. The van der Waals surface area contributed by atoms with Gasteiger partial charge in [0.2, 0.25) is 0 Å². The van der Waals surface area contributed by atoms with Gasteiger partial charge in [0.15, 0.2) is 0 Å². The number of benzene rings is 2. The standard InChI is InChI=1S/C21H21IN2O4/c1-14(25)28-17-6-4-5-15(13-17)20(26)23-16-9-11-24(12-10-16)21(27)18-7-2-3-8-19(18)22/h2-8,13,16H,9-12H2,1H3,(H,23,26). The van der Waals surface area contributed by atoms with Crippen LogP contribution >= 0.6 is 22.6 Å². The first-order valence-electron chi connectivity index (χ1n) is 9.07. The lowest BCUT2D eigenvalue weighted by Gasteiger charge is -2.32. The molecule has 28 heavy (non-hydrogen) atoms. The Labute approximate surface area is 177 Å². The highest BCUT2D eigenvalue weighted by molar-refractivity contribution is 14.1. The number of piperidine rings is 1. The normalized spacial score (nSPS) is 14.4. The van der Waals surface area contributed by atoms with E-state index >= 15 is 0 Å². The van der Waals surface area contributed by atoms with Crippen molar-refractivity contribution in [1.29, 1.82) is 0 Å². The van der Waals surface area contributed by atoms with Gasteiger partial charge in [-0.2, -0.15) is 0 Å². The summed E-state index contributed by atoms with van der Waals surface area (Å²) in [6, 6.07) is 14.1. The van der Waals surface area contributed by atoms with E-state index in [0.29, 0.717) is 42.8 Å². The first kappa shape index (κ1) is 20.3. The Morgan fingerprint density at radius 1 is 1.07 bits per heavy atom. The van der Waals surface area contributed by atoms with Crippen LogP contribution in [0.15, 0.2) is 48.5 Å². The first-order valence-corrected chi connectivity index (χ1v) is 10.1. The minimum atomic E-state index is -0.428. The summed E-state index contributed by atoms with van der Waals surface area (Å²) in [7, 11) is 0. The van der Waals surface area contributed by atoms with E-state index in [1.54, 1.807) is 24.3 Å². The molecule has 146 valence electrons. The third-order valence-electron chi connectivity index (χ3n) is 4.58. The summed E-state index contributed by atoms with van der Waals surface area (Å²) in [5.41, 5.74) is 1.16. The highest BCUT2D eigenvalue weighted by Crippen LogP contribution is 2.19. The fourth-order valence-electron chi connectivity index (χ4n) is 3.17. The van der Waals surface area contributed by atoms with Crippen LogP contribution in [0.4, 0.5) is 0 Å². The third-order valence-corrected chi connectivity index (χ3v) is 5.52. The smallest absolute Gasteiger partial charge is 0.308 e. The summed E-state index contributed by atoms with van der Waals surface area (Å²) >= 11 is 2.17. The number of likely N-dealkylation sites (tertiary alicyclic amines) is 1. The van der Waals surface area contributed by atoms with Crippen molar-refractivity contribution >= 4 is 40.4 Å². The van der Waals surface area contributed by atoms with E-state index in [-0.39, 0.29) is 17.9 Å². The molecule has 6 nitrogen and oxygen atoms in total. The first-order chi connectivity index (χ1) is 13.4. The molecule has 0 radical (unpaired) electrons. The molecule has 1 aliphatic heterocycles. The van der Waals surface area contributed by atoms with Crippen molar-refractivity contribution in [2.45, 2.75) is 25.8 Å². The minimum absolute atomic E-state index is 0.00350. The summed E-state index contributed by atoms with van der Waals surface area (Å²) in [5.74, 6) is -0.263. The van der Waals surface area contributed by atoms with E-state index in [9.17, 15) is 14.4 Å². The van der Waals surface area contributed by atoms with Gasteiger partial charge >= 0.3 is 5.97 Å². The van der Waals surface area contributed by atoms with E-state index in [4.69, 9.17) is 4.74 Å². The number of nitrogens with zero attached hydrogens (tertiary/aromatic N) is 1. The SMILES string of the molecule is CC(=O)Oc1cccc(C(=O)NC2CCN(C(=O)c3ccccc3I)CC2)c1. The van der Waals surface area contributed by atoms with Crippen molar-refractivity contribution in [2.75, 3.05) is 13.1 Å². The second kappa shape index (κ2) is 9.18. The second-order valence-corrected chi connectivity index (χ2v) is 7.80. The van der Waals surface area contributed by atoms with Gasteiger partial charge in [-0.3, -0.25) is 14.4 Å².